The van der Waals surface area contributed by atoms with E-state index < -0.39 is 0 Å². The van der Waals surface area contributed by atoms with Gasteiger partial charge >= 0.3 is 29.6 Å². The molecule has 0 aromatic rings. The summed E-state index contributed by atoms with van der Waals surface area (Å²) in [5, 5.41) is 13.8. The van der Waals surface area contributed by atoms with Gasteiger partial charge in [0.25, 0.3) is 6.26 Å². The van der Waals surface area contributed by atoms with E-state index in [-0.39, 0.29) is 63.4 Å². The number of hydrogen-bond acceptors (Lipinski definition) is 2. The Morgan fingerprint density at radius 1 is 1.50 bits per heavy atom. The Morgan fingerprint density at radius 2 is 1.50 bits per heavy atom. The van der Waals surface area contributed by atoms with Crippen LogP contribution in [-0.4, -0.2) is 34.7 Å². The van der Waals surface area contributed by atoms with Crippen molar-refractivity contribution in [3.63, 3.8) is 0 Å². The molecule has 0 saturated carbocycles. The molecule has 0 amide bonds. The minimum absolute atomic E-state index is 0. The molecule has 1 N–H and O–H groups in total. The van der Waals surface area contributed by atoms with Crippen LogP contribution in [0.25, 0.3) is 0 Å². The Labute approximate surface area is 79.3 Å². The summed E-state index contributed by atoms with van der Waals surface area (Å²) in [5.41, 5.74) is 0. The molecule has 0 unspecified atom stereocenters. The molecule has 0 aromatic heterocycles. The van der Waals surface area contributed by atoms with Crippen molar-refractivity contribution in [2.75, 3.05) is 0 Å². The van der Waals surface area contributed by atoms with E-state index in [0.717, 1.165) is 6.26 Å². The van der Waals surface area contributed by atoms with E-state index in [4.69, 9.17) is 10.4 Å². The van der Waals surface area contributed by atoms with Crippen molar-refractivity contribution in [1.82, 2.24) is 0 Å². The topological polar surface area (TPSA) is 44.0 Å². The second-order valence-electron chi connectivity index (χ2n) is 0.100. The number of rotatable bonds is 0. The fourth-order valence-corrected chi connectivity index (χ4v) is 0. The molecule has 0 aliphatic carbocycles. The molecule has 1 radical (unpaired) electrons. The summed E-state index contributed by atoms with van der Waals surface area (Å²) < 4.78 is 0. The van der Waals surface area contributed by atoms with E-state index in [0.29, 0.717) is 0 Å². The summed E-state index contributed by atoms with van der Waals surface area (Å²) in [7, 11) is 0. The van der Waals surface area contributed by atoms with Gasteiger partial charge in [-0.3, -0.25) is 0 Å². The van der Waals surface area contributed by atoms with Gasteiger partial charge in [0.1, 0.15) is 0 Å². The van der Waals surface area contributed by atoms with E-state index in [1.807, 2.05) is 0 Å². The molecule has 2 nitrogen and oxygen atoms in total. The van der Waals surface area contributed by atoms with Gasteiger partial charge in [-0.05, 0) is 0 Å². The van der Waals surface area contributed by atoms with Crippen LogP contribution in [0.1, 0.15) is 0 Å². The Hall–Kier alpha value is 1.32. The van der Waals surface area contributed by atoms with Gasteiger partial charge in [0, 0.05) is 33.8 Å². The van der Waals surface area contributed by atoms with Gasteiger partial charge in [-0.2, -0.15) is 5.26 Å². The van der Waals surface area contributed by atoms with E-state index in [1.54, 1.807) is 0 Å². The standard InChI is InChI=1S/CHNO.Co.Fe.Na.H/c2-1-3;;;;/h3H;;;;. The first-order valence-electron chi connectivity index (χ1n) is 0.447. The molecule has 0 fully saturated rings. The fourth-order valence-electron chi connectivity index (χ4n) is 0. The predicted octanol–water partition coefficient (Wildman–Crippen LogP) is -0.814. The third-order valence-corrected chi connectivity index (χ3v) is 0. The molecule has 0 saturated heterocycles. The normalized spacial score (nSPS) is 1.17. The Kier molecular flexibility index (Phi) is 147. The van der Waals surface area contributed by atoms with Crippen LogP contribution >= 0.6 is 0 Å². The van der Waals surface area contributed by atoms with Gasteiger partial charge in [0.15, 0.2) is 0 Å². The molecular weight excluding hydrogens is 180 g/mol. The Bertz CT molecular complexity index is 37.0. The molecule has 5 heteroatoms. The maximum absolute atomic E-state index is 6.88. The molecule has 0 atom stereocenters. The van der Waals surface area contributed by atoms with Crippen molar-refractivity contribution < 1.29 is 39.0 Å². The van der Waals surface area contributed by atoms with Crippen molar-refractivity contribution in [2.24, 2.45) is 0 Å². The molecule has 0 bridgehead atoms. The third-order valence-electron chi connectivity index (χ3n) is 0. The fraction of sp³-hybridized carbons (Fsp3) is 0. The van der Waals surface area contributed by atoms with E-state index >= 15 is 0 Å². The number of hydrogen-bond donors (Lipinski definition) is 1. The molecule has 6 heavy (non-hydrogen) atoms. The van der Waals surface area contributed by atoms with Crippen LogP contribution in [0.5, 0.6) is 0 Å². The Morgan fingerprint density at radius 3 is 1.50 bits per heavy atom. The average molecular weight is 182 g/mol. The van der Waals surface area contributed by atoms with Gasteiger partial charge in [-0.25, -0.2) is 0 Å². The zero-order valence-electron chi connectivity index (χ0n) is 2.08. The molecule has 35 valence electrons. The van der Waals surface area contributed by atoms with Crippen LogP contribution in [0.15, 0.2) is 0 Å². The van der Waals surface area contributed by atoms with Crippen molar-refractivity contribution >= 4 is 29.6 Å². The van der Waals surface area contributed by atoms with Crippen LogP contribution in [0, 0.1) is 11.5 Å². The number of aliphatic hydroxyl groups excluding tert-OH is 1. The van der Waals surface area contributed by atoms with Crippen LogP contribution in [0.4, 0.5) is 0 Å². The first-order valence-corrected chi connectivity index (χ1v) is 0.447. The van der Waals surface area contributed by atoms with Gasteiger partial charge in [-0.15, -0.1) is 0 Å². The molecule has 0 rings (SSSR count). The summed E-state index contributed by atoms with van der Waals surface area (Å²) in [6.45, 7) is 0. The molecule has 0 aliphatic heterocycles. The van der Waals surface area contributed by atoms with Crippen molar-refractivity contribution in [1.29, 1.82) is 5.26 Å². The van der Waals surface area contributed by atoms with Crippen LogP contribution in [-0.2, 0) is 33.8 Å². The molecule has 0 aliphatic rings. The summed E-state index contributed by atoms with van der Waals surface area (Å²) in [6.07, 6.45) is 0.750. The summed E-state index contributed by atoms with van der Waals surface area (Å²) in [4.78, 5) is 0. The third kappa shape index (κ3) is 57.2. The van der Waals surface area contributed by atoms with Crippen molar-refractivity contribution in [3.8, 4) is 6.26 Å². The van der Waals surface area contributed by atoms with E-state index in [1.165, 1.54) is 0 Å². The second kappa shape index (κ2) is 33.3. The summed E-state index contributed by atoms with van der Waals surface area (Å²) in [6, 6.07) is 0. The second-order valence-corrected chi connectivity index (χ2v) is 0.100. The summed E-state index contributed by atoms with van der Waals surface area (Å²) >= 11 is 0. The van der Waals surface area contributed by atoms with E-state index in [2.05, 4.69) is 0 Å². The molecular formula is CH2CoFeNNaO. The van der Waals surface area contributed by atoms with Gasteiger partial charge < -0.3 is 5.11 Å². The van der Waals surface area contributed by atoms with Crippen LogP contribution in [0.3, 0.4) is 0 Å². The average Bonchev–Trinajstić information content (AvgIpc) is 0.918. The van der Waals surface area contributed by atoms with Gasteiger partial charge in [0.05, 0.1) is 0 Å². The van der Waals surface area contributed by atoms with Crippen molar-refractivity contribution in [2.45, 2.75) is 0 Å². The number of nitrogens with zero attached hydrogens (tertiary/aromatic N) is 1. The molecule has 0 spiro atoms. The monoisotopic (exact) mass is 182 g/mol. The quantitative estimate of drug-likeness (QED) is 0.393. The van der Waals surface area contributed by atoms with Crippen molar-refractivity contribution in [3.05, 3.63) is 0 Å². The first-order chi connectivity index (χ1) is 1.41. The predicted molar refractivity (Wildman–Crippen MR) is 14.7 cm³/mol. The van der Waals surface area contributed by atoms with Gasteiger partial charge in [0.2, 0.25) is 0 Å². The minimum atomic E-state index is 0. The zero-order chi connectivity index (χ0) is 2.71. The summed E-state index contributed by atoms with van der Waals surface area (Å²) in [5.74, 6) is 0. The zero-order valence-corrected chi connectivity index (χ0v) is 4.23. The first kappa shape index (κ1) is 26.5. The number of nitriles is 1. The molecule has 0 heterocycles. The Balaban J connectivity index is -0.00000000667. The maximum atomic E-state index is 6.88. The SMILES string of the molecule is N#CO.[Co].[Fe].[NaH]. The molecule has 0 aromatic carbocycles. The van der Waals surface area contributed by atoms with Crippen LogP contribution < -0.4 is 0 Å². The van der Waals surface area contributed by atoms with E-state index in [9.17, 15) is 0 Å². The van der Waals surface area contributed by atoms with Crippen LogP contribution in [0.2, 0.25) is 0 Å². The van der Waals surface area contributed by atoms with Gasteiger partial charge in [-0.1, -0.05) is 0 Å². The number of aliphatic hydroxyl groups is 1.